The van der Waals surface area contributed by atoms with Gasteiger partial charge in [-0.05, 0) is 31.4 Å². The molecule has 1 unspecified atom stereocenters. The Hall–Kier alpha value is -2.19. The van der Waals surface area contributed by atoms with Gasteiger partial charge < -0.3 is 15.4 Å². The van der Waals surface area contributed by atoms with Crippen molar-refractivity contribution in [3.8, 4) is 0 Å². The van der Waals surface area contributed by atoms with E-state index in [2.05, 4.69) is 15.5 Å². The van der Waals surface area contributed by atoms with Crippen molar-refractivity contribution in [1.82, 2.24) is 10.2 Å². The fourth-order valence-corrected chi connectivity index (χ4v) is 3.53. The summed E-state index contributed by atoms with van der Waals surface area (Å²) in [5.74, 6) is -0.332. The molecule has 2 aliphatic heterocycles. The summed E-state index contributed by atoms with van der Waals surface area (Å²) in [7, 11) is 1.50. The molecule has 0 bridgehead atoms. The highest BCUT2D eigenvalue weighted by atomic mass is 16.6. The molecular weight excluding hydrogens is 324 g/mol. The van der Waals surface area contributed by atoms with Crippen LogP contribution in [0.4, 0.5) is 11.4 Å². The van der Waals surface area contributed by atoms with Crippen molar-refractivity contribution < 1.29 is 14.5 Å². The first-order chi connectivity index (χ1) is 12.1. The molecule has 3 rings (SSSR count). The zero-order valence-electron chi connectivity index (χ0n) is 14.4. The van der Waals surface area contributed by atoms with Crippen molar-refractivity contribution in [2.24, 2.45) is 0 Å². The molecule has 2 heterocycles. The van der Waals surface area contributed by atoms with Crippen LogP contribution in [0.15, 0.2) is 18.2 Å². The summed E-state index contributed by atoms with van der Waals surface area (Å²) in [6.45, 7) is 3.59. The van der Waals surface area contributed by atoms with Crippen molar-refractivity contribution in [2.75, 3.05) is 38.7 Å². The fraction of sp³-hybridized carbons (Fsp3) is 0.588. The molecule has 8 heteroatoms. The number of carbonyl (C=O) groups excluding carboxylic acids is 1. The number of nitro groups is 1. The highest BCUT2D eigenvalue weighted by Crippen LogP contribution is 2.28. The van der Waals surface area contributed by atoms with Crippen molar-refractivity contribution in [1.29, 1.82) is 0 Å². The molecular formula is C17H24N4O4. The number of piperidine rings is 1. The lowest BCUT2D eigenvalue weighted by Gasteiger charge is -2.35. The van der Waals surface area contributed by atoms with Crippen LogP contribution in [-0.2, 0) is 4.74 Å². The van der Waals surface area contributed by atoms with E-state index in [1.165, 1.54) is 13.1 Å². The number of likely N-dealkylation sites (tertiary alicyclic amines) is 1. The standard InChI is InChI=1S/C17H24N4O4/c1-18-17(22)12-2-3-15(16(10-12)21(23)24)19-13-4-7-20(8-5-13)14-6-9-25-11-14/h2-3,10,13-14,19H,4-9,11H2,1H3,(H,18,22). The van der Waals surface area contributed by atoms with Crippen LogP contribution < -0.4 is 10.6 Å². The summed E-state index contributed by atoms with van der Waals surface area (Å²) in [5.41, 5.74) is 0.698. The molecule has 0 aliphatic carbocycles. The molecule has 0 radical (unpaired) electrons. The normalized spacial score (nSPS) is 21.9. The molecule has 1 aromatic carbocycles. The van der Waals surface area contributed by atoms with Gasteiger partial charge in [0.1, 0.15) is 5.69 Å². The molecule has 0 aromatic heterocycles. The zero-order valence-corrected chi connectivity index (χ0v) is 14.4. The average molecular weight is 348 g/mol. The van der Waals surface area contributed by atoms with Gasteiger partial charge in [-0.25, -0.2) is 0 Å². The summed E-state index contributed by atoms with van der Waals surface area (Å²) in [4.78, 5) is 25.1. The number of ether oxygens (including phenoxy) is 1. The van der Waals surface area contributed by atoms with Gasteiger partial charge in [-0.1, -0.05) is 0 Å². The number of nitrogens with one attached hydrogen (secondary N) is 2. The lowest BCUT2D eigenvalue weighted by molar-refractivity contribution is -0.384. The second kappa shape index (κ2) is 7.79. The lowest BCUT2D eigenvalue weighted by atomic mass is 10.0. The summed E-state index contributed by atoms with van der Waals surface area (Å²) in [6, 6.07) is 5.27. The van der Waals surface area contributed by atoms with Gasteiger partial charge >= 0.3 is 0 Å². The van der Waals surface area contributed by atoms with E-state index in [1.54, 1.807) is 12.1 Å². The Morgan fingerprint density at radius 1 is 1.32 bits per heavy atom. The summed E-state index contributed by atoms with van der Waals surface area (Å²) in [5, 5.41) is 17.1. The quantitative estimate of drug-likeness (QED) is 0.620. The largest absolute Gasteiger partial charge is 0.380 e. The minimum Gasteiger partial charge on any atom is -0.380 e. The molecule has 1 aromatic rings. The number of amides is 1. The smallest absolute Gasteiger partial charge is 0.293 e. The SMILES string of the molecule is CNC(=O)c1ccc(NC2CCN(C3CCOC3)CC2)c([N+](=O)[O-])c1. The molecule has 2 aliphatic rings. The number of benzene rings is 1. The number of nitro benzene ring substituents is 1. The molecule has 2 N–H and O–H groups in total. The van der Waals surface area contributed by atoms with Crippen LogP contribution in [0.5, 0.6) is 0 Å². The molecule has 2 fully saturated rings. The molecule has 1 amide bonds. The molecule has 1 atom stereocenters. The van der Waals surface area contributed by atoms with Crippen LogP contribution in [0.1, 0.15) is 29.6 Å². The van der Waals surface area contributed by atoms with Crippen LogP contribution >= 0.6 is 0 Å². The Morgan fingerprint density at radius 2 is 2.08 bits per heavy atom. The van der Waals surface area contributed by atoms with Gasteiger partial charge in [0.2, 0.25) is 0 Å². The van der Waals surface area contributed by atoms with Crippen molar-refractivity contribution >= 4 is 17.3 Å². The number of nitrogens with zero attached hydrogens (tertiary/aromatic N) is 2. The maximum atomic E-state index is 11.7. The average Bonchev–Trinajstić information content (AvgIpc) is 3.16. The first-order valence-corrected chi connectivity index (χ1v) is 8.67. The first-order valence-electron chi connectivity index (χ1n) is 8.67. The topological polar surface area (TPSA) is 96.7 Å². The zero-order chi connectivity index (χ0) is 17.8. The van der Waals surface area contributed by atoms with Gasteiger partial charge in [0.25, 0.3) is 11.6 Å². The van der Waals surface area contributed by atoms with Gasteiger partial charge in [-0.2, -0.15) is 0 Å². The van der Waals surface area contributed by atoms with Gasteiger partial charge in [0.15, 0.2) is 0 Å². The van der Waals surface area contributed by atoms with Gasteiger partial charge in [-0.3, -0.25) is 19.8 Å². The van der Waals surface area contributed by atoms with Crippen LogP contribution in [0.3, 0.4) is 0 Å². The molecule has 8 nitrogen and oxygen atoms in total. The minimum atomic E-state index is -0.445. The Balaban J connectivity index is 1.64. The van der Waals surface area contributed by atoms with E-state index in [0.29, 0.717) is 11.7 Å². The first kappa shape index (κ1) is 17.6. The Morgan fingerprint density at radius 3 is 2.68 bits per heavy atom. The molecule has 0 saturated carbocycles. The number of hydrogen-bond donors (Lipinski definition) is 2. The third-order valence-electron chi connectivity index (χ3n) is 4.99. The molecule has 0 spiro atoms. The van der Waals surface area contributed by atoms with E-state index in [-0.39, 0.29) is 23.2 Å². The number of carbonyl (C=O) groups is 1. The van der Waals surface area contributed by atoms with Gasteiger partial charge in [0.05, 0.1) is 11.5 Å². The van der Waals surface area contributed by atoms with Crippen LogP contribution in [-0.4, -0.2) is 61.2 Å². The lowest BCUT2D eigenvalue weighted by Crippen LogP contribution is -2.44. The maximum absolute atomic E-state index is 11.7. The minimum absolute atomic E-state index is 0.0623. The van der Waals surface area contributed by atoms with Gasteiger partial charge in [0, 0.05) is 50.5 Å². The Labute approximate surface area is 146 Å². The van der Waals surface area contributed by atoms with E-state index < -0.39 is 4.92 Å². The number of rotatable bonds is 5. The summed E-state index contributed by atoms with van der Waals surface area (Å²) in [6.07, 6.45) is 2.96. The predicted octanol–water partition coefficient (Wildman–Crippen LogP) is 1.62. The van der Waals surface area contributed by atoms with E-state index in [0.717, 1.165) is 45.6 Å². The van der Waals surface area contributed by atoms with Crippen molar-refractivity contribution in [3.05, 3.63) is 33.9 Å². The Bertz CT molecular complexity index is 638. The Kier molecular flexibility index (Phi) is 5.50. The fourth-order valence-electron chi connectivity index (χ4n) is 3.53. The molecule has 25 heavy (non-hydrogen) atoms. The van der Waals surface area contributed by atoms with Crippen molar-refractivity contribution in [2.45, 2.75) is 31.3 Å². The highest BCUT2D eigenvalue weighted by molar-refractivity contribution is 5.95. The van der Waals surface area contributed by atoms with E-state index >= 15 is 0 Å². The highest BCUT2D eigenvalue weighted by Gasteiger charge is 2.28. The number of anilines is 1. The second-order valence-electron chi connectivity index (χ2n) is 6.54. The molecule has 136 valence electrons. The maximum Gasteiger partial charge on any atom is 0.293 e. The van der Waals surface area contributed by atoms with Crippen LogP contribution in [0.2, 0.25) is 0 Å². The van der Waals surface area contributed by atoms with Crippen LogP contribution in [0, 0.1) is 10.1 Å². The number of hydrogen-bond acceptors (Lipinski definition) is 6. The summed E-state index contributed by atoms with van der Waals surface area (Å²) >= 11 is 0. The van der Waals surface area contributed by atoms with Crippen molar-refractivity contribution in [3.63, 3.8) is 0 Å². The summed E-state index contributed by atoms with van der Waals surface area (Å²) < 4.78 is 5.45. The van der Waals surface area contributed by atoms with E-state index in [1.807, 2.05) is 0 Å². The third kappa shape index (κ3) is 4.08. The third-order valence-corrected chi connectivity index (χ3v) is 4.99. The van der Waals surface area contributed by atoms with E-state index in [9.17, 15) is 14.9 Å². The van der Waals surface area contributed by atoms with E-state index in [4.69, 9.17) is 4.74 Å². The monoisotopic (exact) mass is 348 g/mol. The molecule has 2 saturated heterocycles. The van der Waals surface area contributed by atoms with Crippen LogP contribution in [0.25, 0.3) is 0 Å². The van der Waals surface area contributed by atoms with Gasteiger partial charge in [-0.15, -0.1) is 0 Å². The predicted molar refractivity (Wildman–Crippen MR) is 93.9 cm³/mol. The second-order valence-corrected chi connectivity index (χ2v) is 6.54.